The normalized spacial score (nSPS) is 10.3. The van der Waals surface area contributed by atoms with Gasteiger partial charge in [0, 0.05) is 17.8 Å². The molecule has 100 valence electrons. The second kappa shape index (κ2) is 5.63. The topological polar surface area (TPSA) is 36.3 Å². The van der Waals surface area contributed by atoms with Crippen LogP contribution in [0.1, 0.15) is 5.82 Å². The minimum Gasteiger partial charge on any atom is -0.497 e. The molecule has 0 spiro atoms. The number of aromatic nitrogens is 2. The van der Waals surface area contributed by atoms with Crippen molar-refractivity contribution >= 4 is 29.2 Å². The molecule has 0 aliphatic carbocycles. The fourth-order valence-electron chi connectivity index (χ4n) is 1.76. The summed E-state index contributed by atoms with van der Waals surface area (Å²) in [5.74, 6) is 2.22. The molecule has 0 aliphatic rings. The smallest absolute Gasteiger partial charge is 0.142 e. The molecule has 0 saturated heterocycles. The van der Waals surface area contributed by atoms with E-state index in [1.54, 1.807) is 18.8 Å². The SMILES string of the molecule is COc1cc(OC)cc(-c2cn(C(=S)S)c(C)n2)c1. The molecule has 1 aromatic heterocycles. The van der Waals surface area contributed by atoms with Crippen molar-refractivity contribution in [2.24, 2.45) is 0 Å². The first-order valence-corrected chi connectivity index (χ1v) is 6.43. The van der Waals surface area contributed by atoms with Gasteiger partial charge >= 0.3 is 0 Å². The zero-order valence-electron chi connectivity index (χ0n) is 10.9. The third-order valence-corrected chi connectivity index (χ3v) is 3.15. The highest BCUT2D eigenvalue weighted by molar-refractivity contribution is 8.11. The number of thiol groups is 1. The minimum absolute atomic E-state index is 0.464. The van der Waals surface area contributed by atoms with Crippen molar-refractivity contribution in [3.63, 3.8) is 0 Å². The van der Waals surface area contributed by atoms with E-state index in [4.69, 9.17) is 21.7 Å². The van der Waals surface area contributed by atoms with E-state index in [0.717, 1.165) is 28.6 Å². The van der Waals surface area contributed by atoms with Gasteiger partial charge in [0.2, 0.25) is 0 Å². The fraction of sp³-hybridized carbons (Fsp3) is 0.231. The lowest BCUT2D eigenvalue weighted by Crippen LogP contribution is -2.01. The van der Waals surface area contributed by atoms with E-state index in [9.17, 15) is 0 Å². The van der Waals surface area contributed by atoms with E-state index in [2.05, 4.69) is 17.6 Å². The van der Waals surface area contributed by atoms with Gasteiger partial charge in [-0.3, -0.25) is 4.57 Å². The van der Waals surface area contributed by atoms with Gasteiger partial charge in [-0.1, -0.05) is 12.2 Å². The number of methoxy groups -OCH3 is 2. The maximum Gasteiger partial charge on any atom is 0.142 e. The number of thiocarbonyl (C=S) groups is 1. The number of benzene rings is 1. The van der Waals surface area contributed by atoms with Crippen molar-refractivity contribution in [2.45, 2.75) is 6.92 Å². The molecule has 0 atom stereocenters. The Balaban J connectivity index is 2.51. The molecule has 0 saturated carbocycles. The molecule has 2 rings (SSSR count). The molecule has 0 aliphatic heterocycles. The van der Waals surface area contributed by atoms with E-state index in [0.29, 0.717) is 4.32 Å². The van der Waals surface area contributed by atoms with Crippen LogP contribution in [0, 0.1) is 6.92 Å². The zero-order valence-corrected chi connectivity index (χ0v) is 12.6. The minimum atomic E-state index is 0.464. The third-order valence-electron chi connectivity index (χ3n) is 2.74. The molecular weight excluding hydrogens is 280 g/mol. The number of hydrogen-bond acceptors (Lipinski definition) is 4. The third kappa shape index (κ3) is 2.90. The highest BCUT2D eigenvalue weighted by Crippen LogP contribution is 2.29. The number of imidazole rings is 1. The molecule has 1 aromatic carbocycles. The summed E-state index contributed by atoms with van der Waals surface area (Å²) in [6, 6.07) is 5.61. The lowest BCUT2D eigenvalue weighted by molar-refractivity contribution is 0.394. The van der Waals surface area contributed by atoms with Crippen LogP contribution in [0.3, 0.4) is 0 Å². The standard InChI is InChI=1S/C13H14N2O2S2/c1-8-14-12(7-15(8)13(18)19)9-4-10(16-2)6-11(5-9)17-3/h4-7H,1-3H3,(H,18,19). The summed E-state index contributed by atoms with van der Waals surface area (Å²) in [6.45, 7) is 1.88. The van der Waals surface area contributed by atoms with Gasteiger partial charge in [0.25, 0.3) is 0 Å². The van der Waals surface area contributed by atoms with E-state index >= 15 is 0 Å². The molecule has 0 N–H and O–H groups in total. The van der Waals surface area contributed by atoms with Crippen molar-refractivity contribution in [3.05, 3.63) is 30.2 Å². The largest absolute Gasteiger partial charge is 0.497 e. The molecule has 0 amide bonds. The van der Waals surface area contributed by atoms with E-state index in [-0.39, 0.29) is 0 Å². The molecule has 1 heterocycles. The van der Waals surface area contributed by atoms with Crippen LogP contribution in [0.25, 0.3) is 11.3 Å². The van der Waals surface area contributed by atoms with Gasteiger partial charge in [0.05, 0.1) is 19.9 Å². The summed E-state index contributed by atoms with van der Waals surface area (Å²) in [5.41, 5.74) is 1.70. The Morgan fingerprint density at radius 1 is 1.21 bits per heavy atom. The number of hydrogen-bond donors (Lipinski definition) is 1. The summed E-state index contributed by atoms with van der Waals surface area (Å²) < 4.78 is 12.7. The molecular formula is C13H14N2O2S2. The van der Waals surface area contributed by atoms with Crippen LogP contribution in [0.15, 0.2) is 24.4 Å². The van der Waals surface area contributed by atoms with E-state index in [1.165, 1.54) is 0 Å². The number of rotatable bonds is 3. The molecule has 0 bridgehead atoms. The molecule has 2 aromatic rings. The maximum absolute atomic E-state index is 5.25. The monoisotopic (exact) mass is 294 g/mol. The summed E-state index contributed by atoms with van der Waals surface area (Å²) in [4.78, 5) is 4.47. The van der Waals surface area contributed by atoms with Gasteiger partial charge in [0.1, 0.15) is 21.6 Å². The summed E-state index contributed by atoms with van der Waals surface area (Å²) >= 11 is 9.21. The average Bonchev–Trinajstić information content (AvgIpc) is 2.80. The van der Waals surface area contributed by atoms with Crippen molar-refractivity contribution < 1.29 is 9.47 Å². The Labute approximate surface area is 122 Å². The fourth-order valence-corrected chi connectivity index (χ4v) is 2.15. The van der Waals surface area contributed by atoms with Crippen LogP contribution in [-0.4, -0.2) is 28.1 Å². The first-order chi connectivity index (χ1) is 9.05. The Morgan fingerprint density at radius 3 is 2.21 bits per heavy atom. The molecule has 4 nitrogen and oxygen atoms in total. The Morgan fingerprint density at radius 2 is 1.79 bits per heavy atom. The Bertz CT molecular complexity index is 601. The highest BCUT2D eigenvalue weighted by Gasteiger charge is 2.10. The van der Waals surface area contributed by atoms with E-state index < -0.39 is 0 Å². The Hall–Kier alpha value is -1.53. The van der Waals surface area contributed by atoms with Gasteiger partial charge < -0.3 is 9.47 Å². The van der Waals surface area contributed by atoms with Crippen LogP contribution < -0.4 is 9.47 Å². The maximum atomic E-state index is 5.25. The lowest BCUT2D eigenvalue weighted by atomic mass is 10.1. The van der Waals surface area contributed by atoms with E-state index in [1.807, 2.05) is 31.3 Å². The van der Waals surface area contributed by atoms with Crippen molar-refractivity contribution in [3.8, 4) is 22.8 Å². The number of nitrogens with zero attached hydrogens (tertiary/aromatic N) is 2. The number of aryl methyl sites for hydroxylation is 1. The highest BCUT2D eigenvalue weighted by atomic mass is 32.1. The number of ether oxygens (including phenoxy) is 2. The predicted molar refractivity (Wildman–Crippen MR) is 82.5 cm³/mol. The summed E-state index contributed by atoms with van der Waals surface area (Å²) in [6.07, 6.45) is 1.85. The van der Waals surface area contributed by atoms with Crippen LogP contribution >= 0.6 is 24.8 Å². The van der Waals surface area contributed by atoms with Crippen molar-refractivity contribution in [2.75, 3.05) is 14.2 Å². The van der Waals surface area contributed by atoms with Gasteiger partial charge in [-0.15, -0.1) is 12.6 Å². The molecule has 19 heavy (non-hydrogen) atoms. The van der Waals surface area contributed by atoms with Gasteiger partial charge in [-0.25, -0.2) is 4.98 Å². The average molecular weight is 294 g/mol. The predicted octanol–water partition coefficient (Wildman–Crippen LogP) is 2.94. The summed E-state index contributed by atoms with van der Waals surface area (Å²) in [7, 11) is 3.23. The second-order valence-electron chi connectivity index (χ2n) is 3.93. The first kappa shape index (κ1) is 13.9. The lowest BCUT2D eigenvalue weighted by Gasteiger charge is -2.06. The van der Waals surface area contributed by atoms with Crippen molar-refractivity contribution in [1.82, 2.24) is 9.55 Å². The second-order valence-corrected chi connectivity index (χ2v) is 5.04. The van der Waals surface area contributed by atoms with Crippen molar-refractivity contribution in [1.29, 1.82) is 0 Å². The zero-order chi connectivity index (χ0) is 14.0. The molecule has 0 unspecified atom stereocenters. The van der Waals surface area contributed by atoms with Crippen LogP contribution in [-0.2, 0) is 0 Å². The summed E-state index contributed by atoms with van der Waals surface area (Å²) in [5, 5.41) is 0. The van der Waals surface area contributed by atoms with Crippen LogP contribution in [0.2, 0.25) is 0 Å². The van der Waals surface area contributed by atoms with Crippen LogP contribution in [0.4, 0.5) is 0 Å². The quantitative estimate of drug-likeness (QED) is 0.697. The first-order valence-electron chi connectivity index (χ1n) is 5.58. The molecule has 6 heteroatoms. The van der Waals surface area contributed by atoms with Gasteiger partial charge in [0.15, 0.2) is 0 Å². The van der Waals surface area contributed by atoms with Gasteiger partial charge in [-0.2, -0.15) is 0 Å². The Kier molecular flexibility index (Phi) is 4.11. The van der Waals surface area contributed by atoms with Crippen LogP contribution in [0.5, 0.6) is 11.5 Å². The van der Waals surface area contributed by atoms with Gasteiger partial charge in [-0.05, 0) is 19.1 Å². The molecule has 0 radical (unpaired) electrons. The molecule has 0 fully saturated rings.